The fourth-order valence-electron chi connectivity index (χ4n) is 5.69. The first kappa shape index (κ1) is 12.1. The molecule has 3 aliphatic carbocycles. The van der Waals surface area contributed by atoms with Gasteiger partial charge in [-0.3, -0.25) is 0 Å². The molecule has 3 aliphatic rings. The van der Waals surface area contributed by atoms with Crippen LogP contribution >= 0.6 is 0 Å². The average molecular weight is 234 g/mol. The van der Waals surface area contributed by atoms with Crippen LogP contribution in [0.4, 0.5) is 0 Å². The molecule has 0 radical (unpaired) electrons. The average Bonchev–Trinajstić information content (AvgIpc) is 2.37. The second kappa shape index (κ2) is 4.94. The van der Waals surface area contributed by atoms with E-state index >= 15 is 0 Å². The Hall–Kier alpha value is 0. The van der Waals surface area contributed by atoms with Gasteiger partial charge >= 0.3 is 0 Å². The summed E-state index contributed by atoms with van der Waals surface area (Å²) in [6.07, 6.45) is 14.0. The van der Waals surface area contributed by atoms with Crippen LogP contribution in [0, 0.1) is 35.5 Å². The van der Waals surface area contributed by atoms with Crippen LogP contribution in [0.5, 0.6) is 0 Å². The summed E-state index contributed by atoms with van der Waals surface area (Å²) < 4.78 is 0. The van der Waals surface area contributed by atoms with Gasteiger partial charge in [0.15, 0.2) is 0 Å². The van der Waals surface area contributed by atoms with Crippen LogP contribution in [0.3, 0.4) is 0 Å². The zero-order valence-corrected chi connectivity index (χ0v) is 11.8. The molecule has 3 fully saturated rings. The van der Waals surface area contributed by atoms with E-state index in [0.717, 1.165) is 35.5 Å². The molecule has 98 valence electrons. The molecule has 0 N–H and O–H groups in total. The molecule has 0 aliphatic heterocycles. The van der Waals surface area contributed by atoms with E-state index in [1.807, 2.05) is 0 Å². The van der Waals surface area contributed by atoms with Crippen molar-refractivity contribution in [2.45, 2.75) is 71.6 Å². The molecule has 17 heavy (non-hydrogen) atoms. The summed E-state index contributed by atoms with van der Waals surface area (Å²) in [6, 6.07) is 0. The molecule has 0 aromatic heterocycles. The number of rotatable bonds is 1. The monoisotopic (exact) mass is 234 g/mol. The maximum Gasteiger partial charge on any atom is -0.0352 e. The Morgan fingerprint density at radius 3 is 2.24 bits per heavy atom. The van der Waals surface area contributed by atoms with Gasteiger partial charge in [-0.25, -0.2) is 0 Å². The Labute approximate surface area is 108 Å². The third-order valence-corrected chi connectivity index (χ3v) is 6.42. The lowest BCUT2D eigenvalue weighted by Gasteiger charge is -2.51. The molecule has 0 bridgehead atoms. The molecular formula is C17H30. The third-order valence-electron chi connectivity index (χ3n) is 6.42. The maximum atomic E-state index is 2.47. The van der Waals surface area contributed by atoms with Gasteiger partial charge in [-0.15, -0.1) is 0 Å². The number of fused-ring (bicyclic) bond motifs is 3. The van der Waals surface area contributed by atoms with Gasteiger partial charge in [0.2, 0.25) is 0 Å². The fraction of sp³-hybridized carbons (Fsp3) is 1.00. The molecule has 0 heterocycles. The van der Waals surface area contributed by atoms with Crippen LogP contribution < -0.4 is 0 Å². The first-order valence-corrected chi connectivity index (χ1v) is 8.27. The molecule has 0 saturated heterocycles. The third kappa shape index (κ3) is 2.17. The van der Waals surface area contributed by atoms with Crippen molar-refractivity contribution in [2.24, 2.45) is 35.5 Å². The van der Waals surface area contributed by atoms with Crippen molar-refractivity contribution in [3.63, 3.8) is 0 Å². The first-order valence-electron chi connectivity index (χ1n) is 8.27. The van der Waals surface area contributed by atoms with Gasteiger partial charge in [-0.05, 0) is 67.6 Å². The van der Waals surface area contributed by atoms with Crippen molar-refractivity contribution >= 4 is 0 Å². The SMILES string of the molecule is CC(C)C1CCCC2C3CCCCC3CCC12. The van der Waals surface area contributed by atoms with Gasteiger partial charge in [0.25, 0.3) is 0 Å². The second-order valence-corrected chi connectivity index (χ2v) is 7.45. The Morgan fingerprint density at radius 2 is 1.41 bits per heavy atom. The van der Waals surface area contributed by atoms with Crippen molar-refractivity contribution in [3.05, 3.63) is 0 Å². The summed E-state index contributed by atoms with van der Waals surface area (Å²) >= 11 is 0. The highest BCUT2D eigenvalue weighted by atomic mass is 14.5. The fourth-order valence-corrected chi connectivity index (χ4v) is 5.69. The van der Waals surface area contributed by atoms with Crippen molar-refractivity contribution in [1.29, 1.82) is 0 Å². The van der Waals surface area contributed by atoms with E-state index in [1.165, 1.54) is 25.7 Å². The van der Waals surface area contributed by atoms with Gasteiger partial charge in [0, 0.05) is 0 Å². The zero-order chi connectivity index (χ0) is 11.8. The van der Waals surface area contributed by atoms with E-state index in [-0.39, 0.29) is 0 Å². The summed E-state index contributed by atoms with van der Waals surface area (Å²) in [7, 11) is 0. The Kier molecular flexibility index (Phi) is 3.50. The van der Waals surface area contributed by atoms with Gasteiger partial charge in [0.05, 0.1) is 0 Å². The van der Waals surface area contributed by atoms with Gasteiger partial charge in [0.1, 0.15) is 0 Å². The van der Waals surface area contributed by atoms with E-state index in [2.05, 4.69) is 13.8 Å². The minimum Gasteiger partial charge on any atom is -0.0625 e. The summed E-state index contributed by atoms with van der Waals surface area (Å²) in [5.74, 6) is 6.53. The summed E-state index contributed by atoms with van der Waals surface area (Å²) in [5.41, 5.74) is 0. The molecular weight excluding hydrogens is 204 g/mol. The van der Waals surface area contributed by atoms with E-state index in [0.29, 0.717) is 0 Å². The van der Waals surface area contributed by atoms with E-state index in [1.54, 1.807) is 32.1 Å². The van der Waals surface area contributed by atoms with Crippen LogP contribution in [0.25, 0.3) is 0 Å². The predicted octanol–water partition coefficient (Wildman–Crippen LogP) is 5.28. The number of hydrogen-bond acceptors (Lipinski definition) is 0. The van der Waals surface area contributed by atoms with Crippen molar-refractivity contribution in [1.82, 2.24) is 0 Å². The van der Waals surface area contributed by atoms with E-state index < -0.39 is 0 Å². The van der Waals surface area contributed by atoms with E-state index in [9.17, 15) is 0 Å². The van der Waals surface area contributed by atoms with Crippen LogP contribution in [-0.2, 0) is 0 Å². The molecule has 0 aromatic carbocycles. The molecule has 3 rings (SSSR count). The van der Waals surface area contributed by atoms with Crippen LogP contribution in [0.1, 0.15) is 71.6 Å². The molecule has 5 atom stereocenters. The molecule has 3 saturated carbocycles. The topological polar surface area (TPSA) is 0 Å². The Morgan fingerprint density at radius 1 is 0.647 bits per heavy atom. The smallest absolute Gasteiger partial charge is 0.0352 e. The zero-order valence-electron chi connectivity index (χ0n) is 11.8. The molecule has 0 amide bonds. The second-order valence-electron chi connectivity index (χ2n) is 7.45. The lowest BCUT2D eigenvalue weighted by Crippen LogP contribution is -2.43. The van der Waals surface area contributed by atoms with Crippen molar-refractivity contribution < 1.29 is 0 Å². The van der Waals surface area contributed by atoms with Crippen LogP contribution in [0.15, 0.2) is 0 Å². The minimum atomic E-state index is 0.933. The lowest BCUT2D eigenvalue weighted by molar-refractivity contribution is -0.0165. The van der Waals surface area contributed by atoms with Crippen molar-refractivity contribution in [2.75, 3.05) is 0 Å². The first-order chi connectivity index (χ1) is 8.27. The lowest BCUT2D eigenvalue weighted by atomic mass is 9.54. The van der Waals surface area contributed by atoms with Crippen LogP contribution in [0.2, 0.25) is 0 Å². The summed E-state index contributed by atoms with van der Waals surface area (Å²) in [4.78, 5) is 0. The Bertz CT molecular complexity index is 255. The van der Waals surface area contributed by atoms with E-state index in [4.69, 9.17) is 0 Å². The molecule has 5 unspecified atom stereocenters. The highest BCUT2D eigenvalue weighted by molar-refractivity contribution is 4.94. The molecule has 0 heteroatoms. The standard InChI is InChI=1S/C17H30/c1-12(2)14-8-5-9-16-15-7-4-3-6-13(15)10-11-17(14)16/h12-17H,3-11H2,1-2H3. The summed E-state index contributed by atoms with van der Waals surface area (Å²) in [6.45, 7) is 4.94. The summed E-state index contributed by atoms with van der Waals surface area (Å²) in [5, 5.41) is 0. The minimum absolute atomic E-state index is 0.933. The highest BCUT2D eigenvalue weighted by Crippen LogP contribution is 2.54. The molecule has 0 spiro atoms. The molecule has 0 nitrogen and oxygen atoms in total. The van der Waals surface area contributed by atoms with Gasteiger partial charge < -0.3 is 0 Å². The highest BCUT2D eigenvalue weighted by Gasteiger charge is 2.44. The quantitative estimate of drug-likeness (QED) is 0.579. The maximum absolute atomic E-state index is 2.47. The van der Waals surface area contributed by atoms with Gasteiger partial charge in [-0.1, -0.05) is 39.5 Å². The Balaban J connectivity index is 1.76. The normalized spacial score (nSPS) is 46.4. The predicted molar refractivity (Wildman–Crippen MR) is 73.8 cm³/mol. The van der Waals surface area contributed by atoms with Crippen molar-refractivity contribution in [3.8, 4) is 0 Å². The number of hydrogen-bond donors (Lipinski definition) is 0. The van der Waals surface area contributed by atoms with Crippen LogP contribution in [-0.4, -0.2) is 0 Å². The van der Waals surface area contributed by atoms with Gasteiger partial charge in [-0.2, -0.15) is 0 Å². The largest absolute Gasteiger partial charge is 0.0625 e. The molecule has 0 aromatic rings.